The number of aliphatic imine (C=N–C) groups is 1. The van der Waals surface area contributed by atoms with Gasteiger partial charge in [-0.1, -0.05) is 38.1 Å². The van der Waals surface area contributed by atoms with Crippen molar-refractivity contribution < 1.29 is 4.74 Å². The summed E-state index contributed by atoms with van der Waals surface area (Å²) in [7, 11) is 1.56. The quantitative estimate of drug-likeness (QED) is 0.406. The van der Waals surface area contributed by atoms with Crippen molar-refractivity contribution in [1.82, 2.24) is 15.6 Å². The molecule has 1 aliphatic rings. The normalized spacial score (nSPS) is 15.5. The van der Waals surface area contributed by atoms with Crippen LogP contribution in [0.2, 0.25) is 5.02 Å². The minimum absolute atomic E-state index is 0.358. The monoisotopic (exact) mass is 439 g/mol. The number of pyridine rings is 1. The summed E-state index contributed by atoms with van der Waals surface area (Å²) >= 11 is 6.23. The molecule has 0 bridgehead atoms. The van der Waals surface area contributed by atoms with Gasteiger partial charge in [0.2, 0.25) is 0 Å². The Hall–Kier alpha value is -2.99. The lowest BCUT2D eigenvalue weighted by Gasteiger charge is -2.25. The molecule has 1 aromatic heterocycles. The Morgan fingerprint density at radius 3 is 2.97 bits per heavy atom. The smallest absolute Gasteiger partial charge is 0.163 e. The number of halogens is 1. The number of methoxy groups -OCH3 is 1. The molecule has 7 heteroatoms. The average Bonchev–Trinajstić information content (AvgIpc) is 2.77. The van der Waals surface area contributed by atoms with Gasteiger partial charge >= 0.3 is 0 Å². The molecule has 1 atom stereocenters. The number of rotatable bonds is 8. The summed E-state index contributed by atoms with van der Waals surface area (Å²) in [5.74, 6) is 1.30. The number of benzene rings is 1. The van der Waals surface area contributed by atoms with Gasteiger partial charge in [0.05, 0.1) is 17.7 Å². The van der Waals surface area contributed by atoms with Gasteiger partial charge in [-0.3, -0.25) is 4.98 Å². The second-order valence-electron chi connectivity index (χ2n) is 7.54. The fraction of sp³-hybridized carbons (Fsp3) is 0.333. The van der Waals surface area contributed by atoms with Crippen LogP contribution in [-0.2, 0) is 6.54 Å². The lowest BCUT2D eigenvalue weighted by atomic mass is 9.95. The number of amidine groups is 1. The topological polar surface area (TPSA) is 84.6 Å². The molecule has 1 aromatic carbocycles. The predicted octanol–water partition coefficient (Wildman–Crippen LogP) is 4.80. The van der Waals surface area contributed by atoms with Gasteiger partial charge in [-0.15, -0.1) is 0 Å². The Bertz CT molecular complexity index is 1010. The van der Waals surface area contributed by atoms with E-state index in [4.69, 9.17) is 22.1 Å². The number of nitrogens with one attached hydrogen (secondary N) is 2. The molecule has 0 saturated heterocycles. The first kappa shape index (κ1) is 22.7. The van der Waals surface area contributed by atoms with Crippen molar-refractivity contribution >= 4 is 23.1 Å². The van der Waals surface area contributed by atoms with Gasteiger partial charge in [0, 0.05) is 43.3 Å². The van der Waals surface area contributed by atoms with E-state index in [2.05, 4.69) is 47.1 Å². The molecule has 0 spiro atoms. The van der Waals surface area contributed by atoms with E-state index in [0.29, 0.717) is 34.8 Å². The zero-order valence-electron chi connectivity index (χ0n) is 18.3. The standard InChI is InChI=1S/C24H30ClN5O/c1-5-15(2)18-14-27-11-9-17(18)13-29-20-10-12-28-16(3)22(20)24(26)30-21-8-6-7-19(25)23(21)31-4/h6-9,11,14-15,28-29H,3,5,10,12-13H2,1-2,4H3,(H2,26,30). The first-order chi connectivity index (χ1) is 15.0. The lowest BCUT2D eigenvalue weighted by molar-refractivity contribution is 0.416. The number of ether oxygens (including phenoxy) is 1. The molecule has 6 nitrogen and oxygen atoms in total. The third-order valence-electron chi connectivity index (χ3n) is 5.55. The number of hydrogen-bond donors (Lipinski definition) is 3. The average molecular weight is 440 g/mol. The van der Waals surface area contributed by atoms with Crippen molar-refractivity contribution in [3.05, 3.63) is 76.4 Å². The molecule has 31 heavy (non-hydrogen) atoms. The minimum Gasteiger partial charge on any atom is -0.493 e. The second kappa shape index (κ2) is 10.4. The van der Waals surface area contributed by atoms with E-state index in [1.807, 2.05) is 24.5 Å². The number of nitrogens with zero attached hydrogens (tertiary/aromatic N) is 2. The van der Waals surface area contributed by atoms with E-state index in [9.17, 15) is 0 Å². The van der Waals surface area contributed by atoms with Gasteiger partial charge in [-0.25, -0.2) is 4.99 Å². The van der Waals surface area contributed by atoms with Gasteiger partial charge < -0.3 is 21.1 Å². The number of aromatic nitrogens is 1. The summed E-state index contributed by atoms with van der Waals surface area (Å²) in [6.45, 7) is 10.0. The van der Waals surface area contributed by atoms with E-state index in [1.165, 1.54) is 11.1 Å². The summed E-state index contributed by atoms with van der Waals surface area (Å²) in [6, 6.07) is 7.46. The van der Waals surface area contributed by atoms with E-state index in [0.717, 1.165) is 36.4 Å². The maximum absolute atomic E-state index is 6.45. The first-order valence-electron chi connectivity index (χ1n) is 10.5. The highest BCUT2D eigenvalue weighted by atomic mass is 35.5. The molecule has 1 aliphatic heterocycles. The van der Waals surface area contributed by atoms with Crippen LogP contribution in [0, 0.1) is 0 Å². The Morgan fingerprint density at radius 2 is 2.23 bits per heavy atom. The van der Waals surface area contributed by atoms with Crippen LogP contribution in [0.5, 0.6) is 5.75 Å². The van der Waals surface area contributed by atoms with Crippen molar-refractivity contribution in [2.24, 2.45) is 10.7 Å². The zero-order valence-corrected chi connectivity index (χ0v) is 19.1. The summed E-state index contributed by atoms with van der Waals surface area (Å²) in [4.78, 5) is 8.91. The maximum atomic E-state index is 6.45. The van der Waals surface area contributed by atoms with Gasteiger partial charge in [-0.2, -0.15) is 0 Å². The van der Waals surface area contributed by atoms with Crippen LogP contribution in [0.3, 0.4) is 0 Å². The third-order valence-corrected chi connectivity index (χ3v) is 5.84. The molecule has 4 N–H and O–H groups in total. The Kier molecular flexibility index (Phi) is 7.58. The van der Waals surface area contributed by atoms with Crippen LogP contribution in [0.25, 0.3) is 0 Å². The highest BCUT2D eigenvalue weighted by Crippen LogP contribution is 2.35. The summed E-state index contributed by atoms with van der Waals surface area (Å²) in [5, 5.41) is 7.35. The van der Waals surface area contributed by atoms with E-state index in [1.54, 1.807) is 13.2 Å². The van der Waals surface area contributed by atoms with Crippen LogP contribution in [0.1, 0.15) is 43.7 Å². The molecular formula is C24H30ClN5O. The molecule has 3 rings (SSSR count). The van der Waals surface area contributed by atoms with Crippen molar-refractivity contribution in [1.29, 1.82) is 0 Å². The molecule has 0 radical (unpaired) electrons. The van der Waals surface area contributed by atoms with Crippen LogP contribution < -0.4 is 21.1 Å². The largest absolute Gasteiger partial charge is 0.493 e. The minimum atomic E-state index is 0.358. The van der Waals surface area contributed by atoms with Crippen molar-refractivity contribution in [2.75, 3.05) is 13.7 Å². The van der Waals surface area contributed by atoms with Crippen LogP contribution in [0.4, 0.5) is 5.69 Å². The highest BCUT2D eigenvalue weighted by molar-refractivity contribution is 6.32. The summed E-state index contributed by atoms with van der Waals surface area (Å²) in [5.41, 5.74) is 12.1. The summed E-state index contributed by atoms with van der Waals surface area (Å²) in [6.07, 6.45) is 5.65. The number of nitrogens with two attached hydrogens (primary N) is 1. The second-order valence-corrected chi connectivity index (χ2v) is 7.94. The van der Waals surface area contributed by atoms with Crippen molar-refractivity contribution in [3.8, 4) is 5.75 Å². The Balaban J connectivity index is 1.93. The predicted molar refractivity (Wildman–Crippen MR) is 128 cm³/mol. The number of para-hydroxylation sites is 1. The van der Waals surface area contributed by atoms with E-state index >= 15 is 0 Å². The lowest BCUT2D eigenvalue weighted by Crippen LogP contribution is -2.34. The first-order valence-corrected chi connectivity index (χ1v) is 10.8. The molecule has 0 fully saturated rings. The highest BCUT2D eigenvalue weighted by Gasteiger charge is 2.20. The maximum Gasteiger partial charge on any atom is 0.163 e. The Morgan fingerprint density at radius 1 is 1.42 bits per heavy atom. The fourth-order valence-electron chi connectivity index (χ4n) is 3.66. The van der Waals surface area contributed by atoms with Crippen molar-refractivity contribution in [3.63, 3.8) is 0 Å². The van der Waals surface area contributed by atoms with Crippen LogP contribution in [0.15, 0.2) is 65.2 Å². The van der Waals surface area contributed by atoms with Crippen LogP contribution >= 0.6 is 11.6 Å². The molecule has 1 unspecified atom stereocenters. The zero-order chi connectivity index (χ0) is 22.4. The van der Waals surface area contributed by atoms with Gasteiger partial charge in [0.15, 0.2) is 5.75 Å². The SMILES string of the molecule is C=C1NCCC(NCc2ccncc2C(C)CC)=C1C(N)=Nc1cccc(Cl)c1OC. The van der Waals surface area contributed by atoms with Gasteiger partial charge in [0.1, 0.15) is 11.5 Å². The molecule has 2 aromatic rings. The molecular weight excluding hydrogens is 410 g/mol. The van der Waals surface area contributed by atoms with Crippen molar-refractivity contribution in [2.45, 2.75) is 39.2 Å². The third kappa shape index (κ3) is 5.20. The van der Waals surface area contributed by atoms with E-state index < -0.39 is 0 Å². The summed E-state index contributed by atoms with van der Waals surface area (Å²) < 4.78 is 5.40. The molecule has 164 valence electrons. The molecule has 0 amide bonds. The number of hydrogen-bond acceptors (Lipinski definition) is 5. The molecule has 0 saturated carbocycles. The fourth-order valence-corrected chi connectivity index (χ4v) is 3.90. The molecule has 0 aliphatic carbocycles. The van der Waals surface area contributed by atoms with E-state index in [-0.39, 0.29) is 0 Å². The van der Waals surface area contributed by atoms with Gasteiger partial charge in [0.25, 0.3) is 0 Å². The van der Waals surface area contributed by atoms with Crippen LogP contribution in [-0.4, -0.2) is 24.5 Å². The van der Waals surface area contributed by atoms with Gasteiger partial charge in [-0.05, 0) is 41.7 Å². The molecule has 2 heterocycles. The Labute approximate surface area is 189 Å².